The number of hydrogen-bond acceptors (Lipinski definition) is 5. The lowest BCUT2D eigenvalue weighted by Crippen LogP contribution is -1.92. The summed E-state index contributed by atoms with van der Waals surface area (Å²) in [6.07, 6.45) is 1.69. The summed E-state index contributed by atoms with van der Waals surface area (Å²) in [6.45, 7) is 2.58. The van der Waals surface area contributed by atoms with E-state index in [1.54, 1.807) is 6.20 Å². The fourth-order valence-corrected chi connectivity index (χ4v) is 1.75. The molecule has 0 spiro atoms. The number of ether oxygens (including phenoxy) is 1. The van der Waals surface area contributed by atoms with Crippen molar-refractivity contribution >= 4 is 16.5 Å². The Morgan fingerprint density at radius 2 is 2.27 bits per heavy atom. The topological polar surface area (TPSA) is 61.0 Å². The minimum atomic E-state index is 0.556. The van der Waals surface area contributed by atoms with Crippen LogP contribution in [0.4, 0.5) is 5.13 Å². The summed E-state index contributed by atoms with van der Waals surface area (Å²) in [4.78, 5) is 8.39. The van der Waals surface area contributed by atoms with Crippen LogP contribution in [0.15, 0.2) is 23.7 Å². The third-order valence-electron chi connectivity index (χ3n) is 1.83. The summed E-state index contributed by atoms with van der Waals surface area (Å²) in [6, 6.07) is 3.75. The van der Waals surface area contributed by atoms with Crippen LogP contribution in [0.3, 0.4) is 0 Å². The zero-order chi connectivity index (χ0) is 10.7. The van der Waals surface area contributed by atoms with Crippen molar-refractivity contribution in [2.45, 2.75) is 6.92 Å². The SMILES string of the molecule is CCOc1ccc(-c2csc(N)n2)nc1. The summed E-state index contributed by atoms with van der Waals surface area (Å²) < 4.78 is 5.30. The molecular formula is C10H11N3OS. The van der Waals surface area contributed by atoms with Gasteiger partial charge in [0, 0.05) is 5.38 Å². The van der Waals surface area contributed by atoms with E-state index < -0.39 is 0 Å². The van der Waals surface area contributed by atoms with Crippen LogP contribution >= 0.6 is 11.3 Å². The Balaban J connectivity index is 2.23. The lowest BCUT2D eigenvalue weighted by Gasteiger charge is -2.02. The van der Waals surface area contributed by atoms with Crippen molar-refractivity contribution in [3.05, 3.63) is 23.7 Å². The predicted molar refractivity (Wildman–Crippen MR) is 60.9 cm³/mol. The lowest BCUT2D eigenvalue weighted by molar-refractivity contribution is 0.339. The Morgan fingerprint density at radius 3 is 2.80 bits per heavy atom. The monoisotopic (exact) mass is 221 g/mol. The van der Waals surface area contributed by atoms with Crippen LogP contribution < -0.4 is 10.5 Å². The van der Waals surface area contributed by atoms with Crippen LogP contribution in [0.25, 0.3) is 11.4 Å². The number of thiazole rings is 1. The van der Waals surface area contributed by atoms with Gasteiger partial charge in [0.2, 0.25) is 0 Å². The second-order valence-electron chi connectivity index (χ2n) is 2.88. The molecule has 0 bridgehead atoms. The lowest BCUT2D eigenvalue weighted by atomic mass is 10.3. The van der Waals surface area contributed by atoms with E-state index in [0.29, 0.717) is 11.7 Å². The first-order valence-electron chi connectivity index (χ1n) is 4.60. The Kier molecular flexibility index (Phi) is 2.82. The standard InChI is InChI=1S/C10H11N3OS/c1-2-14-7-3-4-8(12-5-7)9-6-15-10(11)13-9/h3-6H,2H2,1H3,(H2,11,13). The first kappa shape index (κ1) is 9.92. The van der Waals surface area contributed by atoms with Crippen molar-refractivity contribution in [3.63, 3.8) is 0 Å². The highest BCUT2D eigenvalue weighted by Crippen LogP contribution is 2.22. The molecule has 0 aliphatic heterocycles. The van der Waals surface area contributed by atoms with E-state index >= 15 is 0 Å². The van der Waals surface area contributed by atoms with Crippen LogP contribution in [-0.4, -0.2) is 16.6 Å². The normalized spacial score (nSPS) is 10.2. The second kappa shape index (κ2) is 4.27. The summed E-state index contributed by atoms with van der Waals surface area (Å²) in [5, 5.41) is 2.44. The molecule has 2 aromatic rings. The Morgan fingerprint density at radius 1 is 1.40 bits per heavy atom. The van der Waals surface area contributed by atoms with Crippen molar-refractivity contribution in [1.82, 2.24) is 9.97 Å². The molecule has 2 rings (SSSR count). The van der Waals surface area contributed by atoms with Gasteiger partial charge in [0.1, 0.15) is 11.4 Å². The van der Waals surface area contributed by atoms with Crippen LogP contribution in [0.2, 0.25) is 0 Å². The molecule has 0 saturated carbocycles. The van der Waals surface area contributed by atoms with Crippen molar-refractivity contribution in [1.29, 1.82) is 0 Å². The van der Waals surface area contributed by atoms with Gasteiger partial charge in [-0.3, -0.25) is 4.98 Å². The number of nitrogens with two attached hydrogens (primary N) is 1. The number of hydrogen-bond donors (Lipinski definition) is 1. The van der Waals surface area contributed by atoms with E-state index in [4.69, 9.17) is 10.5 Å². The van der Waals surface area contributed by atoms with Gasteiger partial charge >= 0.3 is 0 Å². The highest BCUT2D eigenvalue weighted by molar-refractivity contribution is 7.13. The van der Waals surface area contributed by atoms with Crippen LogP contribution in [0.1, 0.15) is 6.92 Å². The number of aromatic nitrogens is 2. The maximum absolute atomic E-state index is 5.55. The molecule has 2 N–H and O–H groups in total. The molecule has 2 aromatic heterocycles. The summed E-state index contributed by atoms with van der Waals surface area (Å²) in [7, 11) is 0. The smallest absolute Gasteiger partial charge is 0.180 e. The average Bonchev–Trinajstić information content (AvgIpc) is 2.67. The van der Waals surface area contributed by atoms with Crippen molar-refractivity contribution in [2.75, 3.05) is 12.3 Å². The molecule has 0 radical (unpaired) electrons. The minimum absolute atomic E-state index is 0.556. The maximum atomic E-state index is 5.55. The molecule has 78 valence electrons. The number of pyridine rings is 1. The third kappa shape index (κ3) is 2.24. The van der Waals surface area contributed by atoms with E-state index in [-0.39, 0.29) is 0 Å². The van der Waals surface area contributed by atoms with Gasteiger partial charge in [0.05, 0.1) is 18.5 Å². The fraction of sp³-hybridized carbons (Fsp3) is 0.200. The van der Waals surface area contributed by atoms with E-state index in [2.05, 4.69) is 9.97 Å². The van der Waals surface area contributed by atoms with Crippen molar-refractivity contribution in [2.24, 2.45) is 0 Å². The first-order valence-corrected chi connectivity index (χ1v) is 5.48. The van der Waals surface area contributed by atoms with Crippen LogP contribution in [-0.2, 0) is 0 Å². The highest BCUT2D eigenvalue weighted by atomic mass is 32.1. The molecule has 4 nitrogen and oxygen atoms in total. The first-order chi connectivity index (χ1) is 7.29. The van der Waals surface area contributed by atoms with E-state index in [1.807, 2.05) is 24.4 Å². The van der Waals surface area contributed by atoms with Gasteiger partial charge in [-0.1, -0.05) is 0 Å². The maximum Gasteiger partial charge on any atom is 0.180 e. The zero-order valence-corrected chi connectivity index (χ0v) is 9.12. The Hall–Kier alpha value is -1.62. The molecule has 0 unspecified atom stereocenters. The quantitative estimate of drug-likeness (QED) is 0.863. The van der Waals surface area contributed by atoms with Crippen LogP contribution in [0, 0.1) is 0 Å². The molecule has 0 aliphatic carbocycles. The van der Waals surface area contributed by atoms with E-state index in [0.717, 1.165) is 17.1 Å². The Labute approximate surface area is 91.8 Å². The summed E-state index contributed by atoms with van der Waals surface area (Å²) >= 11 is 1.41. The summed E-state index contributed by atoms with van der Waals surface area (Å²) in [5.74, 6) is 0.768. The summed E-state index contributed by atoms with van der Waals surface area (Å²) in [5.41, 5.74) is 7.17. The van der Waals surface area contributed by atoms with Gasteiger partial charge in [-0.25, -0.2) is 4.98 Å². The van der Waals surface area contributed by atoms with Crippen LogP contribution in [0.5, 0.6) is 5.75 Å². The molecule has 0 amide bonds. The van der Waals surface area contributed by atoms with Gasteiger partial charge in [-0.2, -0.15) is 0 Å². The van der Waals surface area contributed by atoms with E-state index in [1.165, 1.54) is 11.3 Å². The van der Waals surface area contributed by atoms with Crippen molar-refractivity contribution in [3.8, 4) is 17.1 Å². The third-order valence-corrected chi connectivity index (χ3v) is 2.51. The molecule has 0 aromatic carbocycles. The molecule has 0 saturated heterocycles. The molecular weight excluding hydrogens is 210 g/mol. The van der Waals surface area contributed by atoms with Gasteiger partial charge in [-0.05, 0) is 19.1 Å². The molecule has 0 atom stereocenters. The number of anilines is 1. The second-order valence-corrected chi connectivity index (χ2v) is 3.77. The number of rotatable bonds is 3. The fourth-order valence-electron chi connectivity index (χ4n) is 1.19. The largest absolute Gasteiger partial charge is 0.492 e. The van der Waals surface area contributed by atoms with Gasteiger partial charge in [0.25, 0.3) is 0 Å². The Bertz CT molecular complexity index is 438. The molecule has 2 heterocycles. The molecule has 5 heteroatoms. The highest BCUT2D eigenvalue weighted by Gasteiger charge is 2.03. The number of nitrogen functional groups attached to an aromatic ring is 1. The molecule has 15 heavy (non-hydrogen) atoms. The number of nitrogens with zero attached hydrogens (tertiary/aromatic N) is 2. The van der Waals surface area contributed by atoms with E-state index in [9.17, 15) is 0 Å². The molecule has 0 fully saturated rings. The average molecular weight is 221 g/mol. The predicted octanol–water partition coefficient (Wildman–Crippen LogP) is 2.19. The molecule has 0 aliphatic rings. The van der Waals surface area contributed by atoms with Gasteiger partial charge in [-0.15, -0.1) is 11.3 Å². The zero-order valence-electron chi connectivity index (χ0n) is 8.30. The van der Waals surface area contributed by atoms with Gasteiger partial charge in [0.15, 0.2) is 5.13 Å². The van der Waals surface area contributed by atoms with Crippen molar-refractivity contribution < 1.29 is 4.74 Å². The van der Waals surface area contributed by atoms with Gasteiger partial charge < -0.3 is 10.5 Å². The minimum Gasteiger partial charge on any atom is -0.492 e.